The van der Waals surface area contributed by atoms with Gasteiger partial charge in [0, 0.05) is 48.8 Å². The zero-order valence-electron chi connectivity index (χ0n) is 21.4. The molecule has 8 heteroatoms. The number of anilines is 2. The van der Waals surface area contributed by atoms with Gasteiger partial charge in [0.25, 0.3) is 5.56 Å². The number of benzene rings is 1. The fraction of sp³-hybridized carbons (Fsp3) is 0.500. The fourth-order valence-corrected chi connectivity index (χ4v) is 6.38. The van der Waals surface area contributed by atoms with Gasteiger partial charge in [-0.05, 0) is 63.5 Å². The normalized spacial score (nSPS) is 22.0. The summed E-state index contributed by atoms with van der Waals surface area (Å²) in [4.78, 5) is 21.5. The summed E-state index contributed by atoms with van der Waals surface area (Å²) >= 11 is 0. The maximum Gasteiger partial charge on any atom is 0.251 e. The van der Waals surface area contributed by atoms with E-state index in [0.717, 1.165) is 45.7 Å². The number of fused-ring (bicyclic) bond motifs is 1. The Balaban J connectivity index is 1.07. The van der Waals surface area contributed by atoms with Gasteiger partial charge in [-0.25, -0.2) is 4.39 Å². The van der Waals surface area contributed by atoms with Crippen LogP contribution in [-0.2, 0) is 18.5 Å². The molecular weight excluding hydrogens is 455 g/mol. The topological polar surface area (TPSA) is 65.4 Å². The molecule has 190 valence electrons. The highest BCUT2D eigenvalue weighted by atomic mass is 19.1. The van der Waals surface area contributed by atoms with E-state index >= 15 is 0 Å². The second-order valence-electron chi connectivity index (χ2n) is 11.2. The maximum atomic E-state index is 15.0. The number of hydrogen-bond donors (Lipinski definition) is 2. The summed E-state index contributed by atoms with van der Waals surface area (Å²) in [7, 11) is 0. The molecule has 1 fully saturated rings. The standard InChI is InChI=1S/C28H35FN6O/c1-18(2)35-17-32-23-12-19(4-6-24(23)35)13-30-20-8-10-33(11-9-20)15-28(3)16-34-25(36)7-5-22-27(34)26(28)21(29)14-31-22/h4-7,12,14,18,20,30,32H,8-11,13,15-17H2,1-3H3. The van der Waals surface area contributed by atoms with E-state index in [-0.39, 0.29) is 11.4 Å². The molecule has 3 aliphatic rings. The van der Waals surface area contributed by atoms with Crippen LogP contribution in [0.3, 0.4) is 0 Å². The molecule has 0 amide bonds. The van der Waals surface area contributed by atoms with Crippen LogP contribution < -0.4 is 21.1 Å². The van der Waals surface area contributed by atoms with Gasteiger partial charge in [-0.2, -0.15) is 0 Å². The Morgan fingerprint density at radius 2 is 2.03 bits per heavy atom. The Labute approximate surface area is 211 Å². The van der Waals surface area contributed by atoms with Crippen molar-refractivity contribution in [2.75, 3.05) is 36.5 Å². The number of piperidine rings is 1. The van der Waals surface area contributed by atoms with Crippen LogP contribution in [0.25, 0.3) is 11.0 Å². The third-order valence-electron chi connectivity index (χ3n) is 8.25. The Morgan fingerprint density at radius 3 is 2.81 bits per heavy atom. The minimum atomic E-state index is -0.444. The first kappa shape index (κ1) is 23.4. The summed E-state index contributed by atoms with van der Waals surface area (Å²) in [6, 6.07) is 10.9. The van der Waals surface area contributed by atoms with Gasteiger partial charge >= 0.3 is 0 Å². The number of rotatable bonds is 6. The monoisotopic (exact) mass is 490 g/mol. The minimum absolute atomic E-state index is 0.0820. The quantitative estimate of drug-likeness (QED) is 0.550. The third-order valence-corrected chi connectivity index (χ3v) is 8.25. The predicted octanol–water partition coefficient (Wildman–Crippen LogP) is 3.66. The molecule has 2 aromatic heterocycles. The lowest BCUT2D eigenvalue weighted by molar-refractivity contribution is 0.156. The first-order valence-electron chi connectivity index (χ1n) is 13.1. The number of hydrogen-bond acceptors (Lipinski definition) is 6. The molecule has 0 bridgehead atoms. The van der Waals surface area contributed by atoms with Crippen molar-refractivity contribution in [3.05, 3.63) is 63.8 Å². The zero-order chi connectivity index (χ0) is 25.0. The van der Waals surface area contributed by atoms with Gasteiger partial charge in [-0.15, -0.1) is 0 Å². The van der Waals surface area contributed by atoms with E-state index in [1.165, 1.54) is 29.2 Å². The van der Waals surface area contributed by atoms with E-state index < -0.39 is 5.41 Å². The van der Waals surface area contributed by atoms with Crippen LogP contribution in [0.4, 0.5) is 15.8 Å². The molecule has 36 heavy (non-hydrogen) atoms. The van der Waals surface area contributed by atoms with Crippen molar-refractivity contribution in [2.24, 2.45) is 0 Å². The fourth-order valence-electron chi connectivity index (χ4n) is 6.38. The predicted molar refractivity (Wildman–Crippen MR) is 142 cm³/mol. The van der Waals surface area contributed by atoms with Gasteiger partial charge in [-0.1, -0.05) is 13.0 Å². The molecule has 1 unspecified atom stereocenters. The van der Waals surface area contributed by atoms with Crippen LogP contribution in [0, 0.1) is 5.82 Å². The van der Waals surface area contributed by atoms with Crippen LogP contribution in [0.1, 0.15) is 44.7 Å². The summed E-state index contributed by atoms with van der Waals surface area (Å²) in [5.74, 6) is -0.307. The number of nitrogens with one attached hydrogen (secondary N) is 2. The lowest BCUT2D eigenvalue weighted by atomic mass is 9.83. The van der Waals surface area contributed by atoms with E-state index in [1.54, 1.807) is 10.6 Å². The average molecular weight is 491 g/mol. The summed E-state index contributed by atoms with van der Waals surface area (Å²) in [6.07, 6.45) is 3.42. The van der Waals surface area contributed by atoms with Crippen LogP contribution in [-0.4, -0.2) is 52.8 Å². The SMILES string of the molecule is CC(C)N1CNc2cc(CNC3CCN(CC4(C)Cn5c(=O)ccc6ncc(F)c4c65)CC3)ccc21. The van der Waals surface area contributed by atoms with Crippen molar-refractivity contribution in [2.45, 2.75) is 64.2 Å². The molecule has 7 nitrogen and oxygen atoms in total. The Kier molecular flexibility index (Phi) is 5.76. The summed E-state index contributed by atoms with van der Waals surface area (Å²) < 4.78 is 16.7. The Morgan fingerprint density at radius 1 is 1.22 bits per heavy atom. The van der Waals surface area contributed by atoms with E-state index in [2.05, 4.69) is 64.4 Å². The molecule has 0 saturated carbocycles. The van der Waals surface area contributed by atoms with Crippen molar-refractivity contribution in [3.63, 3.8) is 0 Å². The first-order chi connectivity index (χ1) is 17.3. The molecule has 3 aromatic rings. The van der Waals surface area contributed by atoms with Gasteiger partial charge in [0.2, 0.25) is 0 Å². The Bertz CT molecular complexity index is 1360. The third kappa shape index (κ3) is 3.96. The van der Waals surface area contributed by atoms with E-state index in [9.17, 15) is 9.18 Å². The largest absolute Gasteiger partial charge is 0.366 e. The summed E-state index contributed by atoms with van der Waals surface area (Å²) in [6.45, 7) is 11.4. The summed E-state index contributed by atoms with van der Waals surface area (Å²) in [5.41, 5.74) is 5.29. The van der Waals surface area contributed by atoms with Gasteiger partial charge in [0.1, 0.15) is 5.82 Å². The van der Waals surface area contributed by atoms with Crippen LogP contribution in [0.2, 0.25) is 0 Å². The van der Waals surface area contributed by atoms with Crippen LogP contribution >= 0.6 is 0 Å². The number of aromatic nitrogens is 2. The van der Waals surface area contributed by atoms with E-state index in [4.69, 9.17) is 0 Å². The molecule has 1 saturated heterocycles. The van der Waals surface area contributed by atoms with Crippen molar-refractivity contribution in [1.82, 2.24) is 19.8 Å². The highest BCUT2D eigenvalue weighted by Crippen LogP contribution is 2.39. The maximum absolute atomic E-state index is 15.0. The molecule has 0 radical (unpaired) electrons. The van der Waals surface area contributed by atoms with Gasteiger partial charge in [-0.3, -0.25) is 9.78 Å². The van der Waals surface area contributed by atoms with Crippen LogP contribution in [0.15, 0.2) is 41.3 Å². The summed E-state index contributed by atoms with van der Waals surface area (Å²) in [5, 5.41) is 7.27. The van der Waals surface area contributed by atoms with E-state index in [1.807, 2.05) is 0 Å². The van der Waals surface area contributed by atoms with Crippen molar-refractivity contribution in [1.29, 1.82) is 0 Å². The van der Waals surface area contributed by atoms with Crippen LogP contribution in [0.5, 0.6) is 0 Å². The minimum Gasteiger partial charge on any atom is -0.366 e. The molecule has 3 aliphatic heterocycles. The number of pyridine rings is 2. The Hall–Kier alpha value is -2.97. The van der Waals surface area contributed by atoms with E-state index in [0.29, 0.717) is 35.2 Å². The van der Waals surface area contributed by atoms with Gasteiger partial charge < -0.3 is 25.0 Å². The number of nitrogens with zero attached hydrogens (tertiary/aromatic N) is 4. The molecule has 0 aliphatic carbocycles. The molecule has 2 N–H and O–H groups in total. The molecule has 1 atom stereocenters. The van der Waals surface area contributed by atoms with Gasteiger partial charge in [0.05, 0.1) is 35.3 Å². The lowest BCUT2D eigenvalue weighted by Gasteiger charge is -2.38. The lowest BCUT2D eigenvalue weighted by Crippen LogP contribution is -2.47. The molecule has 5 heterocycles. The molecule has 0 spiro atoms. The van der Waals surface area contributed by atoms with Crippen molar-refractivity contribution < 1.29 is 4.39 Å². The molecular formula is C28H35FN6O. The first-order valence-corrected chi connectivity index (χ1v) is 13.1. The highest BCUT2D eigenvalue weighted by Gasteiger charge is 2.41. The molecule has 1 aromatic carbocycles. The van der Waals surface area contributed by atoms with Crippen molar-refractivity contribution in [3.8, 4) is 0 Å². The highest BCUT2D eigenvalue weighted by molar-refractivity contribution is 5.81. The second-order valence-corrected chi connectivity index (χ2v) is 11.2. The van der Waals surface area contributed by atoms with Crippen molar-refractivity contribution >= 4 is 22.4 Å². The smallest absolute Gasteiger partial charge is 0.251 e. The average Bonchev–Trinajstić information content (AvgIpc) is 3.42. The number of halogens is 1. The zero-order valence-corrected chi connectivity index (χ0v) is 21.4. The molecule has 6 rings (SSSR count). The second kappa shape index (κ2) is 8.85. The number of likely N-dealkylation sites (tertiary alicyclic amines) is 1. The van der Waals surface area contributed by atoms with Gasteiger partial charge in [0.15, 0.2) is 0 Å².